The predicted molar refractivity (Wildman–Crippen MR) is 64.4 cm³/mol. The van der Waals surface area contributed by atoms with E-state index in [4.69, 9.17) is 0 Å². The second kappa shape index (κ2) is 6.28. The molecule has 0 N–H and O–H groups in total. The molecule has 1 rings (SSSR count). The second-order valence-corrected chi connectivity index (χ2v) is 4.17. The van der Waals surface area contributed by atoms with Crippen LogP contribution in [0.3, 0.4) is 0 Å². The Labute approximate surface area is 110 Å². The molecule has 0 saturated carbocycles. The first-order valence-corrected chi connectivity index (χ1v) is 5.13. The summed E-state index contributed by atoms with van der Waals surface area (Å²) in [5.41, 5.74) is 1.35. The zero-order chi connectivity index (χ0) is 10.6. The van der Waals surface area contributed by atoms with Gasteiger partial charge in [-0.1, -0.05) is 24.8 Å². The molecule has 2 heteroatoms. The number of benzene rings is 1. The molecule has 0 saturated heterocycles. The van der Waals surface area contributed by atoms with Gasteiger partial charge >= 0.3 is 0 Å². The van der Waals surface area contributed by atoms with E-state index in [1.54, 1.807) is 0 Å². The standard InChI is InChI=1S/C13H20N.HI/c1-5-11-14(4,12(2)3)13-9-7-6-8-10-13;/h5-10,12H,1,11H2,2-4H3;1H/q+1;/p-1/t14-;/m1./s1. The third kappa shape index (κ3) is 3.31. The number of nitrogens with zero attached hydrogens (tertiary/aromatic N) is 1. The van der Waals surface area contributed by atoms with Crippen LogP contribution in [0.2, 0.25) is 0 Å². The van der Waals surface area contributed by atoms with Gasteiger partial charge in [-0.3, -0.25) is 4.48 Å². The molecule has 84 valence electrons. The summed E-state index contributed by atoms with van der Waals surface area (Å²) in [6, 6.07) is 11.2. The van der Waals surface area contributed by atoms with Crippen LogP contribution < -0.4 is 28.5 Å². The van der Waals surface area contributed by atoms with Crippen LogP contribution in [-0.2, 0) is 0 Å². The summed E-state index contributed by atoms with van der Waals surface area (Å²) in [7, 11) is 2.25. The maximum atomic E-state index is 3.84. The van der Waals surface area contributed by atoms with Gasteiger partial charge in [-0.25, -0.2) is 0 Å². The zero-order valence-corrected chi connectivity index (χ0v) is 11.9. The SMILES string of the molecule is C=CC[N@@+](C)(c1ccccc1)C(C)C.[I-]. The molecule has 0 amide bonds. The lowest BCUT2D eigenvalue weighted by Crippen LogP contribution is -3.00. The highest BCUT2D eigenvalue weighted by Gasteiger charge is 2.26. The summed E-state index contributed by atoms with van der Waals surface area (Å²) >= 11 is 0. The third-order valence-electron chi connectivity index (χ3n) is 2.99. The molecule has 0 unspecified atom stereocenters. The lowest BCUT2D eigenvalue weighted by atomic mass is 10.2. The lowest BCUT2D eigenvalue weighted by molar-refractivity contribution is -0.00000307. The number of halogens is 1. The fourth-order valence-electron chi connectivity index (χ4n) is 1.65. The van der Waals surface area contributed by atoms with Crippen LogP contribution in [0.4, 0.5) is 5.69 Å². The molecule has 0 aliphatic carbocycles. The van der Waals surface area contributed by atoms with E-state index < -0.39 is 0 Å². The van der Waals surface area contributed by atoms with Crippen LogP contribution >= 0.6 is 0 Å². The second-order valence-electron chi connectivity index (χ2n) is 4.17. The molecule has 0 aliphatic rings. The Morgan fingerprint density at radius 3 is 2.20 bits per heavy atom. The highest BCUT2D eigenvalue weighted by atomic mass is 127. The molecular formula is C13H20IN. The van der Waals surface area contributed by atoms with Crippen molar-refractivity contribution in [1.29, 1.82) is 0 Å². The van der Waals surface area contributed by atoms with Crippen molar-refractivity contribution in [2.24, 2.45) is 0 Å². The van der Waals surface area contributed by atoms with E-state index in [2.05, 4.69) is 57.8 Å². The lowest BCUT2D eigenvalue weighted by Gasteiger charge is -2.37. The van der Waals surface area contributed by atoms with Crippen molar-refractivity contribution in [3.8, 4) is 0 Å². The van der Waals surface area contributed by atoms with Crippen LogP contribution in [0.1, 0.15) is 13.8 Å². The topological polar surface area (TPSA) is 0 Å². The van der Waals surface area contributed by atoms with Gasteiger partial charge in [0, 0.05) is 0 Å². The highest BCUT2D eigenvalue weighted by molar-refractivity contribution is 5.42. The summed E-state index contributed by atoms with van der Waals surface area (Å²) in [4.78, 5) is 0. The number of rotatable bonds is 4. The minimum atomic E-state index is 0. The van der Waals surface area contributed by atoms with Crippen LogP contribution in [0, 0.1) is 0 Å². The fraction of sp³-hybridized carbons (Fsp3) is 0.385. The van der Waals surface area contributed by atoms with Crippen molar-refractivity contribution in [2.75, 3.05) is 13.6 Å². The molecule has 0 bridgehead atoms. The van der Waals surface area contributed by atoms with Crippen LogP contribution in [0.25, 0.3) is 0 Å². The van der Waals surface area contributed by atoms with Gasteiger partial charge in [0.1, 0.15) is 12.2 Å². The molecule has 0 heterocycles. The van der Waals surface area contributed by atoms with Gasteiger partial charge in [-0.2, -0.15) is 0 Å². The van der Waals surface area contributed by atoms with Gasteiger partial charge < -0.3 is 24.0 Å². The Morgan fingerprint density at radius 2 is 1.80 bits per heavy atom. The van der Waals surface area contributed by atoms with Crippen molar-refractivity contribution in [3.63, 3.8) is 0 Å². The molecule has 0 aromatic heterocycles. The van der Waals surface area contributed by atoms with Crippen LogP contribution in [-0.4, -0.2) is 19.6 Å². The summed E-state index contributed by atoms with van der Waals surface area (Å²) in [6.45, 7) is 9.30. The molecular weight excluding hydrogens is 297 g/mol. The quantitative estimate of drug-likeness (QED) is 0.423. The summed E-state index contributed by atoms with van der Waals surface area (Å²) < 4.78 is 0.921. The normalized spacial score (nSPS) is 14.1. The van der Waals surface area contributed by atoms with Crippen molar-refractivity contribution in [2.45, 2.75) is 19.9 Å². The van der Waals surface area contributed by atoms with Crippen molar-refractivity contribution >= 4 is 5.69 Å². The van der Waals surface area contributed by atoms with Gasteiger partial charge in [-0.15, -0.1) is 0 Å². The Balaban J connectivity index is 0.00000196. The van der Waals surface area contributed by atoms with Gasteiger partial charge in [0.25, 0.3) is 0 Å². The van der Waals surface area contributed by atoms with Crippen LogP contribution in [0.15, 0.2) is 43.0 Å². The monoisotopic (exact) mass is 317 g/mol. The number of para-hydroxylation sites is 1. The predicted octanol–water partition coefficient (Wildman–Crippen LogP) is 0.222. The maximum Gasteiger partial charge on any atom is 0.133 e. The van der Waals surface area contributed by atoms with E-state index in [1.165, 1.54) is 5.69 Å². The van der Waals surface area contributed by atoms with Gasteiger partial charge in [0.2, 0.25) is 0 Å². The average Bonchev–Trinajstić information content (AvgIpc) is 2.19. The minimum absolute atomic E-state index is 0. The van der Waals surface area contributed by atoms with E-state index in [0.717, 1.165) is 11.0 Å². The summed E-state index contributed by atoms with van der Waals surface area (Å²) in [5, 5.41) is 0. The number of likely N-dealkylation sites (N-methyl/N-ethyl adjacent to an activating group) is 1. The summed E-state index contributed by atoms with van der Waals surface area (Å²) in [6.07, 6.45) is 1.99. The first-order valence-electron chi connectivity index (χ1n) is 5.13. The molecule has 1 nitrogen and oxygen atoms in total. The van der Waals surface area contributed by atoms with E-state index >= 15 is 0 Å². The van der Waals surface area contributed by atoms with Crippen molar-refractivity contribution in [1.82, 2.24) is 4.48 Å². The zero-order valence-electron chi connectivity index (χ0n) is 9.78. The third-order valence-corrected chi connectivity index (χ3v) is 2.99. The molecule has 0 fully saturated rings. The first-order chi connectivity index (χ1) is 6.61. The van der Waals surface area contributed by atoms with E-state index in [1.807, 2.05) is 6.08 Å². The number of hydrogen-bond acceptors (Lipinski definition) is 0. The molecule has 15 heavy (non-hydrogen) atoms. The van der Waals surface area contributed by atoms with Crippen molar-refractivity contribution < 1.29 is 24.0 Å². The smallest absolute Gasteiger partial charge is 0.133 e. The Morgan fingerprint density at radius 1 is 1.27 bits per heavy atom. The van der Waals surface area contributed by atoms with E-state index in [9.17, 15) is 0 Å². The van der Waals surface area contributed by atoms with E-state index in [0.29, 0.717) is 6.04 Å². The maximum absolute atomic E-state index is 3.84. The van der Waals surface area contributed by atoms with Gasteiger partial charge in [-0.05, 0) is 32.1 Å². The molecule has 0 spiro atoms. The Bertz CT molecular complexity index is 295. The number of quaternary nitrogens is 1. The Hall–Kier alpha value is -0.350. The summed E-state index contributed by atoms with van der Waals surface area (Å²) in [5.74, 6) is 0. The largest absolute Gasteiger partial charge is 1.00 e. The van der Waals surface area contributed by atoms with Gasteiger partial charge in [0.15, 0.2) is 0 Å². The first kappa shape index (κ1) is 14.6. The minimum Gasteiger partial charge on any atom is -1.00 e. The van der Waals surface area contributed by atoms with Crippen molar-refractivity contribution in [3.05, 3.63) is 43.0 Å². The average molecular weight is 317 g/mol. The molecule has 0 aliphatic heterocycles. The van der Waals surface area contributed by atoms with Gasteiger partial charge in [0.05, 0.1) is 13.1 Å². The molecule has 1 aromatic carbocycles. The Kier molecular flexibility index (Phi) is 6.13. The van der Waals surface area contributed by atoms with E-state index in [-0.39, 0.29) is 24.0 Å². The highest BCUT2D eigenvalue weighted by Crippen LogP contribution is 2.23. The molecule has 1 atom stereocenters. The van der Waals surface area contributed by atoms with Crippen LogP contribution in [0.5, 0.6) is 0 Å². The fourth-order valence-corrected chi connectivity index (χ4v) is 1.65. The molecule has 0 radical (unpaired) electrons. The number of hydrogen-bond donors (Lipinski definition) is 0. The molecule has 1 aromatic rings.